The number of hydrogen-bond donors (Lipinski definition) is 1. The Kier molecular flexibility index (Phi) is 2.43. The molecule has 0 bridgehead atoms. The third kappa shape index (κ3) is 1.80. The van der Waals surface area contributed by atoms with Gasteiger partial charge in [-0.05, 0) is 24.6 Å². The van der Waals surface area contributed by atoms with Crippen LogP contribution in [0.4, 0.5) is 8.78 Å². The van der Waals surface area contributed by atoms with Crippen LogP contribution in [0.1, 0.15) is 12.5 Å². The van der Waals surface area contributed by atoms with Gasteiger partial charge in [-0.15, -0.1) is 0 Å². The van der Waals surface area contributed by atoms with Crippen LogP contribution < -0.4 is 0 Å². The van der Waals surface area contributed by atoms with Gasteiger partial charge in [0.2, 0.25) is 0 Å². The summed E-state index contributed by atoms with van der Waals surface area (Å²) in [6, 6.07) is 4.99. The van der Waals surface area contributed by atoms with Gasteiger partial charge in [0.15, 0.2) is 5.67 Å². The van der Waals surface area contributed by atoms with Crippen molar-refractivity contribution in [3.8, 4) is 0 Å². The summed E-state index contributed by atoms with van der Waals surface area (Å²) in [4.78, 5) is 0. The minimum Gasteiger partial charge on any atom is -0.393 e. The first-order valence-corrected chi connectivity index (χ1v) is 3.62. The average molecular weight is 172 g/mol. The maximum atomic E-state index is 13.3. The average Bonchev–Trinajstić information content (AvgIpc) is 2.05. The van der Waals surface area contributed by atoms with E-state index in [0.717, 1.165) is 0 Å². The second-order valence-corrected chi connectivity index (χ2v) is 2.86. The molecule has 1 aromatic carbocycles. The Balaban J connectivity index is 2.96. The number of hydrogen-bond acceptors (Lipinski definition) is 1. The molecule has 1 unspecified atom stereocenters. The fourth-order valence-electron chi connectivity index (χ4n) is 0.889. The molecule has 0 aliphatic carbocycles. The van der Waals surface area contributed by atoms with Crippen LogP contribution in [0.5, 0.6) is 0 Å². The minimum atomic E-state index is -1.78. The molecule has 0 fully saturated rings. The van der Waals surface area contributed by atoms with Crippen molar-refractivity contribution in [2.24, 2.45) is 0 Å². The summed E-state index contributed by atoms with van der Waals surface area (Å²) < 4.78 is 25.7. The van der Waals surface area contributed by atoms with Crippen LogP contribution >= 0.6 is 0 Å². The number of aliphatic hydroxyl groups excluding tert-OH is 1. The maximum absolute atomic E-state index is 13.3. The summed E-state index contributed by atoms with van der Waals surface area (Å²) in [5.74, 6) is -0.410. The second kappa shape index (κ2) is 3.19. The van der Waals surface area contributed by atoms with Crippen LogP contribution in [-0.4, -0.2) is 11.7 Å². The van der Waals surface area contributed by atoms with E-state index in [2.05, 4.69) is 0 Å². The molecule has 1 nitrogen and oxygen atoms in total. The first-order valence-electron chi connectivity index (χ1n) is 3.62. The van der Waals surface area contributed by atoms with Crippen LogP contribution in [0.3, 0.4) is 0 Å². The zero-order chi connectivity index (χ0) is 9.19. The molecule has 1 atom stereocenters. The molecule has 0 aliphatic heterocycles. The third-order valence-corrected chi connectivity index (χ3v) is 1.74. The van der Waals surface area contributed by atoms with Crippen molar-refractivity contribution in [3.05, 3.63) is 35.6 Å². The molecule has 3 heteroatoms. The van der Waals surface area contributed by atoms with E-state index in [1.54, 1.807) is 0 Å². The van der Waals surface area contributed by atoms with E-state index in [1.807, 2.05) is 0 Å². The van der Waals surface area contributed by atoms with Crippen LogP contribution in [0.15, 0.2) is 24.3 Å². The number of rotatable bonds is 2. The maximum Gasteiger partial charge on any atom is 0.156 e. The molecule has 0 amide bonds. The van der Waals surface area contributed by atoms with E-state index in [9.17, 15) is 8.78 Å². The molecule has 1 rings (SSSR count). The standard InChI is InChI=1S/C9H10F2O/c1-9(11,6-12)7-2-4-8(10)5-3-7/h2-5,12H,6H2,1H3. The van der Waals surface area contributed by atoms with Crippen molar-refractivity contribution in [2.75, 3.05) is 6.61 Å². The smallest absolute Gasteiger partial charge is 0.156 e. The zero-order valence-electron chi connectivity index (χ0n) is 6.72. The molecule has 1 N–H and O–H groups in total. The van der Waals surface area contributed by atoms with Gasteiger partial charge in [0.05, 0.1) is 6.61 Å². The highest BCUT2D eigenvalue weighted by Crippen LogP contribution is 2.24. The molecule has 0 saturated heterocycles. The first kappa shape index (κ1) is 9.13. The summed E-state index contributed by atoms with van der Waals surface area (Å²) in [6.45, 7) is 0.652. The van der Waals surface area contributed by atoms with Gasteiger partial charge in [0.1, 0.15) is 5.82 Å². The normalized spacial score (nSPS) is 15.7. The van der Waals surface area contributed by atoms with Gasteiger partial charge >= 0.3 is 0 Å². The molecule has 0 radical (unpaired) electrons. The van der Waals surface area contributed by atoms with Gasteiger partial charge in [-0.1, -0.05) is 12.1 Å². The van der Waals surface area contributed by atoms with Gasteiger partial charge in [-0.3, -0.25) is 0 Å². The molecular weight excluding hydrogens is 162 g/mol. The van der Waals surface area contributed by atoms with Crippen LogP contribution in [0.25, 0.3) is 0 Å². The highest BCUT2D eigenvalue weighted by Gasteiger charge is 2.24. The van der Waals surface area contributed by atoms with E-state index in [-0.39, 0.29) is 5.56 Å². The van der Waals surface area contributed by atoms with E-state index in [1.165, 1.54) is 31.2 Å². The Morgan fingerprint density at radius 3 is 2.25 bits per heavy atom. The molecule has 0 aliphatic rings. The van der Waals surface area contributed by atoms with Gasteiger partial charge in [-0.25, -0.2) is 8.78 Å². The predicted molar refractivity (Wildman–Crippen MR) is 41.9 cm³/mol. The summed E-state index contributed by atoms with van der Waals surface area (Å²) in [5, 5.41) is 8.65. The van der Waals surface area contributed by atoms with Gasteiger partial charge in [0.25, 0.3) is 0 Å². The Morgan fingerprint density at radius 2 is 1.83 bits per heavy atom. The number of alkyl halides is 1. The Morgan fingerprint density at radius 1 is 1.33 bits per heavy atom. The summed E-state index contributed by atoms with van der Waals surface area (Å²) in [5.41, 5.74) is -1.50. The number of halogens is 2. The molecule has 0 aromatic heterocycles. The van der Waals surface area contributed by atoms with Crippen LogP contribution in [0, 0.1) is 5.82 Å². The molecule has 0 spiro atoms. The lowest BCUT2D eigenvalue weighted by molar-refractivity contribution is 0.0867. The van der Waals surface area contributed by atoms with Gasteiger partial charge < -0.3 is 5.11 Å². The predicted octanol–water partition coefficient (Wildman–Crippen LogP) is 2.00. The minimum absolute atomic E-state index is 0.284. The van der Waals surface area contributed by atoms with Crippen molar-refractivity contribution in [2.45, 2.75) is 12.6 Å². The van der Waals surface area contributed by atoms with Crippen molar-refractivity contribution in [1.29, 1.82) is 0 Å². The highest BCUT2D eigenvalue weighted by molar-refractivity contribution is 5.22. The quantitative estimate of drug-likeness (QED) is 0.723. The molecular formula is C9H10F2O. The molecule has 1 aromatic rings. The first-order chi connectivity index (χ1) is 5.56. The van der Waals surface area contributed by atoms with Crippen molar-refractivity contribution in [3.63, 3.8) is 0 Å². The third-order valence-electron chi connectivity index (χ3n) is 1.74. The van der Waals surface area contributed by atoms with Crippen LogP contribution in [0.2, 0.25) is 0 Å². The van der Waals surface area contributed by atoms with Crippen molar-refractivity contribution >= 4 is 0 Å². The van der Waals surface area contributed by atoms with E-state index in [0.29, 0.717) is 0 Å². The Hall–Kier alpha value is -0.960. The lowest BCUT2D eigenvalue weighted by Crippen LogP contribution is -2.19. The van der Waals surface area contributed by atoms with Crippen molar-refractivity contribution in [1.82, 2.24) is 0 Å². The highest BCUT2D eigenvalue weighted by atomic mass is 19.1. The molecule has 0 saturated carbocycles. The molecule has 66 valence electrons. The van der Waals surface area contributed by atoms with Crippen LogP contribution in [-0.2, 0) is 5.67 Å². The SMILES string of the molecule is CC(F)(CO)c1ccc(F)cc1. The number of benzene rings is 1. The van der Waals surface area contributed by atoms with Gasteiger partial charge in [0, 0.05) is 0 Å². The summed E-state index contributed by atoms with van der Waals surface area (Å²) in [7, 11) is 0. The lowest BCUT2D eigenvalue weighted by atomic mass is 9.99. The molecule has 12 heavy (non-hydrogen) atoms. The number of aliphatic hydroxyl groups is 1. The van der Waals surface area contributed by atoms with E-state index in [4.69, 9.17) is 5.11 Å². The summed E-state index contributed by atoms with van der Waals surface area (Å²) in [6.07, 6.45) is 0. The zero-order valence-corrected chi connectivity index (χ0v) is 6.72. The second-order valence-electron chi connectivity index (χ2n) is 2.86. The largest absolute Gasteiger partial charge is 0.393 e. The van der Waals surface area contributed by atoms with Gasteiger partial charge in [-0.2, -0.15) is 0 Å². The topological polar surface area (TPSA) is 20.2 Å². The lowest BCUT2D eigenvalue weighted by Gasteiger charge is -2.17. The Bertz CT molecular complexity index is 254. The monoisotopic (exact) mass is 172 g/mol. The van der Waals surface area contributed by atoms with E-state index < -0.39 is 18.1 Å². The fourth-order valence-corrected chi connectivity index (χ4v) is 0.889. The van der Waals surface area contributed by atoms with Crippen molar-refractivity contribution < 1.29 is 13.9 Å². The summed E-state index contributed by atoms with van der Waals surface area (Å²) >= 11 is 0. The Labute approximate surface area is 69.7 Å². The fraction of sp³-hybridized carbons (Fsp3) is 0.333. The van der Waals surface area contributed by atoms with E-state index >= 15 is 0 Å². The molecule has 0 heterocycles.